The Morgan fingerprint density at radius 3 is 2.74 bits per heavy atom. The molecular weight excluding hydrogens is 260 g/mol. The maximum absolute atomic E-state index is 11.9. The van der Waals surface area contributed by atoms with Crippen molar-refractivity contribution < 1.29 is 8.42 Å². The zero-order chi connectivity index (χ0) is 14.0. The predicted molar refractivity (Wildman–Crippen MR) is 79.1 cm³/mol. The van der Waals surface area contributed by atoms with Crippen LogP contribution in [0.5, 0.6) is 0 Å². The fraction of sp³-hybridized carbons (Fsp3) is 0.571. The zero-order valence-corrected chi connectivity index (χ0v) is 12.4. The monoisotopic (exact) mass is 282 g/mol. The fourth-order valence-electron chi connectivity index (χ4n) is 2.37. The van der Waals surface area contributed by atoms with E-state index >= 15 is 0 Å². The lowest BCUT2D eigenvalue weighted by molar-refractivity contribution is 0.576. The molecule has 1 aromatic rings. The Morgan fingerprint density at radius 2 is 2.05 bits per heavy atom. The summed E-state index contributed by atoms with van der Waals surface area (Å²) in [6.07, 6.45) is 0.874. The van der Waals surface area contributed by atoms with Crippen LogP contribution in [0.2, 0.25) is 0 Å². The number of anilines is 1. The van der Waals surface area contributed by atoms with Crippen LogP contribution >= 0.6 is 0 Å². The van der Waals surface area contributed by atoms with Crippen LogP contribution < -0.4 is 10.6 Å². The number of rotatable bonds is 4. The van der Waals surface area contributed by atoms with Gasteiger partial charge in [-0.05, 0) is 31.9 Å². The first-order valence-corrected chi connectivity index (χ1v) is 8.44. The van der Waals surface area contributed by atoms with Crippen LogP contribution in [0, 0.1) is 0 Å². The smallest absolute Gasteiger partial charge is 0.154 e. The highest BCUT2D eigenvalue weighted by molar-refractivity contribution is 7.92. The Balaban J connectivity index is 2.14. The van der Waals surface area contributed by atoms with E-state index in [-0.39, 0.29) is 17.0 Å². The maximum atomic E-state index is 11.9. The van der Waals surface area contributed by atoms with Gasteiger partial charge in [0.05, 0.1) is 11.0 Å². The van der Waals surface area contributed by atoms with Crippen LogP contribution in [0.25, 0.3) is 0 Å². The van der Waals surface area contributed by atoms with Crippen molar-refractivity contribution in [3.63, 3.8) is 0 Å². The molecule has 19 heavy (non-hydrogen) atoms. The summed E-state index contributed by atoms with van der Waals surface area (Å²) in [6.45, 7) is 4.83. The molecule has 0 aromatic heterocycles. The minimum Gasteiger partial charge on any atom is -0.370 e. The van der Waals surface area contributed by atoms with Gasteiger partial charge in [0.25, 0.3) is 0 Å². The molecule has 1 unspecified atom stereocenters. The van der Waals surface area contributed by atoms with Gasteiger partial charge in [-0.2, -0.15) is 0 Å². The third-order valence-corrected chi connectivity index (χ3v) is 5.94. The Kier molecular flexibility index (Phi) is 4.16. The van der Waals surface area contributed by atoms with Crippen LogP contribution in [-0.2, 0) is 9.84 Å². The molecule has 2 rings (SSSR count). The van der Waals surface area contributed by atoms with Crippen molar-refractivity contribution in [3.8, 4) is 0 Å². The van der Waals surface area contributed by atoms with E-state index in [4.69, 9.17) is 5.73 Å². The molecule has 4 nitrogen and oxygen atoms in total. The largest absolute Gasteiger partial charge is 0.370 e. The molecule has 0 aliphatic carbocycles. The highest BCUT2D eigenvalue weighted by atomic mass is 32.2. The molecule has 106 valence electrons. The molecule has 1 aliphatic heterocycles. The van der Waals surface area contributed by atoms with Crippen molar-refractivity contribution in [2.75, 3.05) is 23.7 Å². The van der Waals surface area contributed by atoms with E-state index in [2.05, 4.69) is 4.90 Å². The summed E-state index contributed by atoms with van der Waals surface area (Å²) in [7, 11) is -2.99. The Bertz CT molecular complexity index is 540. The highest BCUT2D eigenvalue weighted by Crippen LogP contribution is 2.31. The summed E-state index contributed by atoms with van der Waals surface area (Å²) >= 11 is 0. The van der Waals surface area contributed by atoms with Crippen molar-refractivity contribution in [1.82, 2.24) is 0 Å². The molecule has 5 heteroatoms. The molecule has 0 fully saturated rings. The summed E-state index contributed by atoms with van der Waals surface area (Å²) in [4.78, 5) is 2.14. The lowest BCUT2D eigenvalue weighted by atomic mass is 9.97. The predicted octanol–water partition coefficient (Wildman–Crippen LogP) is 1.72. The van der Waals surface area contributed by atoms with E-state index < -0.39 is 9.84 Å². The Labute approximate surface area is 115 Å². The first-order chi connectivity index (χ1) is 8.92. The number of nitrogens with two attached hydrogens (primary N) is 1. The second-order valence-electron chi connectivity index (χ2n) is 5.36. The van der Waals surface area contributed by atoms with Crippen LogP contribution in [0.15, 0.2) is 24.3 Å². The Hall–Kier alpha value is -1.07. The van der Waals surface area contributed by atoms with Crippen molar-refractivity contribution >= 4 is 15.5 Å². The van der Waals surface area contributed by atoms with Crippen molar-refractivity contribution in [2.45, 2.75) is 31.6 Å². The zero-order valence-electron chi connectivity index (χ0n) is 11.5. The molecule has 2 N–H and O–H groups in total. The SMILES string of the molecule is CC(C)S(=O)(=O)CCN1CCC(N)c2ccccc21. The third kappa shape index (κ3) is 3.09. The number of fused-ring (bicyclic) bond motifs is 1. The number of para-hydroxylation sites is 1. The third-order valence-electron chi connectivity index (χ3n) is 3.75. The van der Waals surface area contributed by atoms with E-state index in [0.717, 1.165) is 24.2 Å². The Morgan fingerprint density at radius 1 is 1.37 bits per heavy atom. The average molecular weight is 282 g/mol. The van der Waals surface area contributed by atoms with Crippen molar-refractivity contribution in [1.29, 1.82) is 0 Å². The first-order valence-electron chi connectivity index (χ1n) is 6.73. The molecule has 0 saturated carbocycles. The number of benzene rings is 1. The molecule has 1 heterocycles. The first kappa shape index (κ1) is 14.3. The number of hydrogen-bond donors (Lipinski definition) is 1. The summed E-state index contributed by atoms with van der Waals surface area (Å²) in [5, 5.41) is -0.310. The van der Waals surface area contributed by atoms with E-state index in [9.17, 15) is 8.42 Å². The molecule has 0 bridgehead atoms. The van der Waals surface area contributed by atoms with Gasteiger partial charge in [-0.15, -0.1) is 0 Å². The lowest BCUT2D eigenvalue weighted by Gasteiger charge is -2.34. The van der Waals surface area contributed by atoms with E-state index in [1.807, 2.05) is 24.3 Å². The molecule has 1 atom stereocenters. The van der Waals surface area contributed by atoms with Gasteiger partial charge in [-0.25, -0.2) is 8.42 Å². The summed E-state index contributed by atoms with van der Waals surface area (Å²) in [5.74, 6) is 0.203. The molecule has 0 saturated heterocycles. The fourth-order valence-corrected chi connectivity index (χ4v) is 3.31. The summed E-state index contributed by atoms with van der Waals surface area (Å²) in [5.41, 5.74) is 8.30. The molecule has 1 aliphatic rings. The summed E-state index contributed by atoms with van der Waals surface area (Å²) < 4.78 is 23.8. The lowest BCUT2D eigenvalue weighted by Crippen LogP contribution is -2.37. The van der Waals surface area contributed by atoms with Gasteiger partial charge in [0.1, 0.15) is 0 Å². The van der Waals surface area contributed by atoms with Crippen LogP contribution in [0.4, 0.5) is 5.69 Å². The average Bonchev–Trinajstić information content (AvgIpc) is 2.38. The van der Waals surface area contributed by atoms with Crippen molar-refractivity contribution in [2.24, 2.45) is 5.73 Å². The van der Waals surface area contributed by atoms with Gasteiger partial charge < -0.3 is 10.6 Å². The minimum absolute atomic E-state index is 0.0640. The second kappa shape index (κ2) is 5.51. The minimum atomic E-state index is -2.99. The van der Waals surface area contributed by atoms with E-state index in [1.54, 1.807) is 13.8 Å². The van der Waals surface area contributed by atoms with Crippen LogP contribution in [0.3, 0.4) is 0 Å². The number of hydrogen-bond acceptors (Lipinski definition) is 4. The second-order valence-corrected chi connectivity index (χ2v) is 8.03. The topological polar surface area (TPSA) is 63.4 Å². The van der Waals surface area contributed by atoms with Gasteiger partial charge in [-0.3, -0.25) is 0 Å². The maximum Gasteiger partial charge on any atom is 0.154 e. The van der Waals surface area contributed by atoms with E-state index in [0.29, 0.717) is 6.54 Å². The summed E-state index contributed by atoms with van der Waals surface area (Å²) in [6, 6.07) is 8.07. The highest BCUT2D eigenvalue weighted by Gasteiger charge is 2.24. The quantitative estimate of drug-likeness (QED) is 0.913. The molecule has 1 aromatic carbocycles. The van der Waals surface area contributed by atoms with Gasteiger partial charge >= 0.3 is 0 Å². The van der Waals surface area contributed by atoms with Gasteiger partial charge in [-0.1, -0.05) is 18.2 Å². The molecular formula is C14H22N2O2S. The normalized spacial score (nSPS) is 19.6. The molecule has 0 radical (unpaired) electrons. The number of nitrogens with zero attached hydrogens (tertiary/aromatic N) is 1. The van der Waals surface area contributed by atoms with Gasteiger partial charge in [0, 0.05) is 24.8 Å². The van der Waals surface area contributed by atoms with Crippen LogP contribution in [0.1, 0.15) is 31.9 Å². The molecule has 0 spiro atoms. The van der Waals surface area contributed by atoms with Crippen molar-refractivity contribution in [3.05, 3.63) is 29.8 Å². The van der Waals surface area contributed by atoms with Gasteiger partial charge in [0.2, 0.25) is 0 Å². The van der Waals surface area contributed by atoms with Gasteiger partial charge in [0.15, 0.2) is 9.84 Å². The standard InChI is InChI=1S/C14H22N2O2S/c1-11(2)19(17,18)10-9-16-8-7-13(15)12-5-3-4-6-14(12)16/h3-6,11,13H,7-10,15H2,1-2H3. The van der Waals surface area contributed by atoms with Crippen LogP contribution in [-0.4, -0.2) is 32.5 Å². The van der Waals surface area contributed by atoms with E-state index in [1.165, 1.54) is 0 Å². The molecule has 0 amide bonds. The number of sulfone groups is 1.